The molecule has 2 rings (SSSR count). The van der Waals surface area contributed by atoms with Crippen LogP contribution in [0.2, 0.25) is 0 Å². The molecular weight excluding hydrogens is 226 g/mol. The van der Waals surface area contributed by atoms with Gasteiger partial charge < -0.3 is 10.3 Å². The first-order valence-electron chi connectivity index (χ1n) is 6.72. The quantitative estimate of drug-likeness (QED) is 0.596. The van der Waals surface area contributed by atoms with Crippen molar-refractivity contribution in [3.8, 4) is 0 Å². The van der Waals surface area contributed by atoms with Crippen molar-refractivity contribution < 1.29 is 0 Å². The van der Waals surface area contributed by atoms with Gasteiger partial charge in [-0.2, -0.15) is 0 Å². The zero-order valence-electron chi connectivity index (χ0n) is 11.5. The van der Waals surface area contributed by atoms with Crippen LogP contribution in [-0.4, -0.2) is 23.1 Å². The Morgan fingerprint density at radius 2 is 2.06 bits per heavy atom. The second kappa shape index (κ2) is 5.52. The fourth-order valence-electron chi connectivity index (χ4n) is 2.23. The molecule has 1 aromatic rings. The molecule has 1 aliphatic carbocycles. The molecule has 5 nitrogen and oxygen atoms in total. The maximum absolute atomic E-state index is 5.52. The van der Waals surface area contributed by atoms with E-state index in [1.54, 1.807) is 0 Å². The summed E-state index contributed by atoms with van der Waals surface area (Å²) in [5, 5.41) is 0. The molecule has 5 heteroatoms. The van der Waals surface area contributed by atoms with E-state index in [4.69, 9.17) is 5.84 Å². The van der Waals surface area contributed by atoms with E-state index < -0.39 is 0 Å². The molecule has 0 atom stereocenters. The van der Waals surface area contributed by atoms with Crippen molar-refractivity contribution in [2.24, 2.45) is 11.8 Å². The van der Waals surface area contributed by atoms with E-state index in [-0.39, 0.29) is 0 Å². The molecule has 0 aliphatic heterocycles. The van der Waals surface area contributed by atoms with Crippen molar-refractivity contribution in [3.05, 3.63) is 11.4 Å². The highest BCUT2D eigenvalue weighted by atomic mass is 15.3. The van der Waals surface area contributed by atoms with Gasteiger partial charge in [-0.3, -0.25) is 0 Å². The predicted molar refractivity (Wildman–Crippen MR) is 74.5 cm³/mol. The monoisotopic (exact) mass is 249 g/mol. The summed E-state index contributed by atoms with van der Waals surface area (Å²) in [6, 6.07) is 0. The van der Waals surface area contributed by atoms with E-state index in [9.17, 15) is 0 Å². The molecule has 1 heterocycles. The lowest BCUT2D eigenvalue weighted by Gasteiger charge is -2.25. The number of aromatic nitrogens is 2. The smallest absolute Gasteiger partial charge is 0.148 e. The summed E-state index contributed by atoms with van der Waals surface area (Å²) in [6.45, 7) is 8.28. The first kappa shape index (κ1) is 13.1. The molecule has 0 aromatic carbocycles. The minimum absolute atomic E-state index is 0.731. The number of hydrogen-bond donors (Lipinski definition) is 2. The lowest BCUT2D eigenvalue weighted by molar-refractivity contribution is 0.694. The van der Waals surface area contributed by atoms with E-state index in [0.717, 1.165) is 48.5 Å². The lowest BCUT2D eigenvalue weighted by Crippen LogP contribution is -2.29. The normalized spacial score (nSPS) is 14.7. The van der Waals surface area contributed by atoms with Crippen molar-refractivity contribution in [1.29, 1.82) is 0 Å². The molecule has 18 heavy (non-hydrogen) atoms. The van der Waals surface area contributed by atoms with Crippen molar-refractivity contribution in [3.63, 3.8) is 0 Å². The Hall–Kier alpha value is -1.36. The summed E-state index contributed by atoms with van der Waals surface area (Å²) in [4.78, 5) is 11.3. The molecule has 1 fully saturated rings. The number of nitrogen functional groups attached to an aromatic ring is 1. The Labute approximate surface area is 109 Å². The van der Waals surface area contributed by atoms with Crippen LogP contribution in [0, 0.1) is 19.8 Å². The van der Waals surface area contributed by atoms with E-state index in [0.29, 0.717) is 0 Å². The van der Waals surface area contributed by atoms with Crippen molar-refractivity contribution in [2.45, 2.75) is 40.0 Å². The number of nitrogens with one attached hydrogen (secondary N) is 1. The van der Waals surface area contributed by atoms with Gasteiger partial charge in [0.05, 0.1) is 0 Å². The first-order valence-corrected chi connectivity index (χ1v) is 6.72. The van der Waals surface area contributed by atoms with Gasteiger partial charge in [-0.05, 0) is 39.0 Å². The van der Waals surface area contributed by atoms with Crippen LogP contribution < -0.4 is 16.2 Å². The van der Waals surface area contributed by atoms with Gasteiger partial charge in [-0.15, -0.1) is 0 Å². The maximum Gasteiger partial charge on any atom is 0.148 e. The average Bonchev–Trinajstić information content (AvgIpc) is 3.15. The summed E-state index contributed by atoms with van der Waals surface area (Å²) in [5.41, 5.74) is 3.70. The fraction of sp³-hybridized carbons (Fsp3) is 0.692. The number of nitrogens with two attached hydrogens (primary N) is 1. The van der Waals surface area contributed by atoms with Gasteiger partial charge in [-0.1, -0.05) is 6.92 Å². The lowest BCUT2D eigenvalue weighted by atomic mass is 10.2. The van der Waals surface area contributed by atoms with Gasteiger partial charge in [0.15, 0.2) is 0 Å². The Balaban J connectivity index is 2.29. The highest BCUT2D eigenvalue weighted by Crippen LogP contribution is 2.32. The highest BCUT2D eigenvalue weighted by molar-refractivity contribution is 5.58. The fourth-order valence-corrected chi connectivity index (χ4v) is 2.23. The summed E-state index contributed by atoms with van der Waals surface area (Å²) in [6.07, 6.45) is 3.83. The SMILES string of the molecule is CCCN(CC1CC1)c1nc(C)nc(NN)c1C. The molecule has 0 unspecified atom stereocenters. The number of anilines is 2. The minimum Gasteiger partial charge on any atom is -0.356 e. The molecule has 1 saturated carbocycles. The van der Waals surface area contributed by atoms with Gasteiger partial charge in [0.1, 0.15) is 17.5 Å². The maximum atomic E-state index is 5.52. The molecule has 3 N–H and O–H groups in total. The Bertz CT molecular complexity index is 414. The van der Waals surface area contributed by atoms with Gasteiger partial charge in [0.25, 0.3) is 0 Å². The zero-order chi connectivity index (χ0) is 13.1. The Morgan fingerprint density at radius 3 is 2.61 bits per heavy atom. The number of rotatable bonds is 6. The number of hydrogen-bond acceptors (Lipinski definition) is 5. The van der Waals surface area contributed by atoms with E-state index in [1.165, 1.54) is 12.8 Å². The first-order chi connectivity index (χ1) is 8.65. The molecule has 0 radical (unpaired) electrons. The Kier molecular flexibility index (Phi) is 4.01. The van der Waals surface area contributed by atoms with Crippen LogP contribution in [0.15, 0.2) is 0 Å². The molecule has 0 spiro atoms. The number of hydrazine groups is 1. The van der Waals surface area contributed by atoms with Crippen molar-refractivity contribution in [2.75, 3.05) is 23.4 Å². The van der Waals surface area contributed by atoms with E-state index in [2.05, 4.69) is 27.2 Å². The van der Waals surface area contributed by atoms with E-state index in [1.807, 2.05) is 13.8 Å². The van der Waals surface area contributed by atoms with Crippen LogP contribution in [0.25, 0.3) is 0 Å². The second-order valence-corrected chi connectivity index (χ2v) is 5.10. The molecule has 0 bridgehead atoms. The van der Waals surface area contributed by atoms with Crippen LogP contribution >= 0.6 is 0 Å². The molecule has 0 saturated heterocycles. The van der Waals surface area contributed by atoms with Gasteiger partial charge in [0, 0.05) is 18.7 Å². The molecule has 1 aromatic heterocycles. The van der Waals surface area contributed by atoms with Crippen LogP contribution in [0.5, 0.6) is 0 Å². The largest absolute Gasteiger partial charge is 0.356 e. The summed E-state index contributed by atoms with van der Waals surface area (Å²) in [7, 11) is 0. The van der Waals surface area contributed by atoms with Gasteiger partial charge in [0.2, 0.25) is 0 Å². The topological polar surface area (TPSA) is 67.1 Å². The highest BCUT2D eigenvalue weighted by Gasteiger charge is 2.26. The van der Waals surface area contributed by atoms with Crippen LogP contribution in [-0.2, 0) is 0 Å². The van der Waals surface area contributed by atoms with Gasteiger partial charge >= 0.3 is 0 Å². The number of aryl methyl sites for hydroxylation is 1. The van der Waals surface area contributed by atoms with Crippen LogP contribution in [0.4, 0.5) is 11.6 Å². The van der Waals surface area contributed by atoms with Crippen molar-refractivity contribution >= 4 is 11.6 Å². The van der Waals surface area contributed by atoms with E-state index >= 15 is 0 Å². The minimum atomic E-state index is 0.731. The zero-order valence-corrected chi connectivity index (χ0v) is 11.5. The third-order valence-electron chi connectivity index (χ3n) is 3.34. The average molecular weight is 249 g/mol. The standard InChI is InChI=1S/C13H23N5/c1-4-7-18(8-11-5-6-11)13-9(2)12(17-14)15-10(3)16-13/h11H,4-8,14H2,1-3H3,(H,15,16,17). The predicted octanol–water partition coefficient (Wildman–Crippen LogP) is 2.01. The summed E-state index contributed by atoms with van der Waals surface area (Å²) in [5.74, 6) is 8.89. The van der Waals surface area contributed by atoms with Crippen LogP contribution in [0.3, 0.4) is 0 Å². The third kappa shape index (κ3) is 2.90. The Morgan fingerprint density at radius 1 is 1.33 bits per heavy atom. The van der Waals surface area contributed by atoms with Crippen LogP contribution in [0.1, 0.15) is 37.6 Å². The molecule has 0 amide bonds. The molecule has 1 aliphatic rings. The second-order valence-electron chi connectivity index (χ2n) is 5.10. The number of nitrogens with zero attached hydrogens (tertiary/aromatic N) is 3. The summed E-state index contributed by atoms with van der Waals surface area (Å²) < 4.78 is 0. The van der Waals surface area contributed by atoms with Gasteiger partial charge in [-0.25, -0.2) is 15.8 Å². The molecular formula is C13H23N5. The van der Waals surface area contributed by atoms with Crippen molar-refractivity contribution in [1.82, 2.24) is 9.97 Å². The molecule has 100 valence electrons. The third-order valence-corrected chi connectivity index (χ3v) is 3.34. The summed E-state index contributed by atoms with van der Waals surface area (Å²) >= 11 is 0.